The van der Waals surface area contributed by atoms with E-state index in [0.29, 0.717) is 42.2 Å². The summed E-state index contributed by atoms with van der Waals surface area (Å²) in [5.74, 6) is 0.385. The molecule has 0 spiro atoms. The van der Waals surface area contributed by atoms with E-state index in [4.69, 9.17) is 21.1 Å². The molecule has 0 aromatic heterocycles. The maximum Gasteiger partial charge on any atom is 0.327 e. The van der Waals surface area contributed by atoms with Gasteiger partial charge in [0.25, 0.3) is 5.91 Å². The lowest BCUT2D eigenvalue weighted by Crippen LogP contribution is -2.43. The van der Waals surface area contributed by atoms with Crippen molar-refractivity contribution < 1.29 is 27.7 Å². The lowest BCUT2D eigenvalue weighted by molar-refractivity contribution is 0.0133. The monoisotopic (exact) mass is 686 g/mol. The Balaban J connectivity index is 1.43. The van der Waals surface area contributed by atoms with Crippen molar-refractivity contribution in [1.29, 1.82) is 0 Å². The van der Waals surface area contributed by atoms with Crippen LogP contribution >= 0.6 is 11.6 Å². The molecule has 0 saturated heterocycles. The van der Waals surface area contributed by atoms with Crippen LogP contribution in [0.25, 0.3) is 0 Å². The van der Waals surface area contributed by atoms with E-state index < -0.39 is 34.1 Å². The first-order valence-corrected chi connectivity index (χ1v) is 18.7. The van der Waals surface area contributed by atoms with Gasteiger partial charge in [0.1, 0.15) is 21.8 Å². The van der Waals surface area contributed by atoms with Crippen LogP contribution in [0.5, 0.6) is 5.75 Å². The summed E-state index contributed by atoms with van der Waals surface area (Å²) in [4.78, 5) is 28.8. The second kappa shape index (κ2) is 14.5. The number of nitrogens with one attached hydrogen (secondary N) is 2. The highest BCUT2D eigenvalue weighted by Crippen LogP contribution is 2.42. The molecule has 2 saturated carbocycles. The number of hydrogen-bond donors (Lipinski definition) is 2. The molecule has 254 valence electrons. The van der Waals surface area contributed by atoms with Crippen molar-refractivity contribution in [2.75, 3.05) is 30.9 Å². The molecule has 12 heteroatoms. The Morgan fingerprint density at radius 1 is 1.17 bits per heavy atom. The second-order valence-electron chi connectivity index (χ2n) is 13.4. The van der Waals surface area contributed by atoms with Gasteiger partial charge >= 0.3 is 6.03 Å². The van der Waals surface area contributed by atoms with Crippen LogP contribution in [0.4, 0.5) is 14.9 Å². The zero-order valence-electron chi connectivity index (χ0n) is 27.0. The number of rotatable bonds is 3. The van der Waals surface area contributed by atoms with E-state index in [1.54, 1.807) is 25.3 Å². The van der Waals surface area contributed by atoms with Crippen LogP contribution in [0.2, 0.25) is 5.02 Å². The molecule has 1 unspecified atom stereocenters. The number of hydrogen-bond acceptors (Lipinski definition) is 6. The fourth-order valence-electron chi connectivity index (χ4n) is 6.83. The average molecular weight is 687 g/mol. The molecule has 6 rings (SSSR count). The number of fused-ring (bicyclic) bond motifs is 3. The maximum atomic E-state index is 14.2. The summed E-state index contributed by atoms with van der Waals surface area (Å²) < 4.78 is 46.6. The number of carbonyl (C=O) groups is 2. The Labute approximate surface area is 281 Å². The third kappa shape index (κ3) is 8.29. The summed E-state index contributed by atoms with van der Waals surface area (Å²) in [6.07, 6.45) is 8.44. The Hall–Kier alpha value is -3.15. The predicted octanol–water partition coefficient (Wildman–Crippen LogP) is 6.63. The summed E-state index contributed by atoms with van der Waals surface area (Å²) in [7, 11) is -1.83. The molecule has 2 fully saturated rings. The molecular formula is C35H44ClFN4O5S. The molecule has 7 atom stereocenters. The molecule has 0 radical (unpaired) electrons. The van der Waals surface area contributed by atoms with E-state index in [0.717, 1.165) is 49.9 Å². The Kier molecular flexibility index (Phi) is 10.4. The number of aryl methyl sites for hydroxylation is 1. The number of methoxy groups -OCH3 is 1. The fraction of sp³-hybridized carbons (Fsp3) is 0.543. The minimum atomic E-state index is -3.57. The smallest absolute Gasteiger partial charge is 0.327 e. The number of carbonyl (C=O) groups excluding carboxylic acids is 2. The van der Waals surface area contributed by atoms with Gasteiger partial charge in [-0.1, -0.05) is 36.7 Å². The molecule has 47 heavy (non-hydrogen) atoms. The predicted molar refractivity (Wildman–Crippen MR) is 182 cm³/mol. The number of benzene rings is 2. The van der Waals surface area contributed by atoms with Crippen molar-refractivity contribution in [2.45, 2.75) is 76.7 Å². The summed E-state index contributed by atoms with van der Waals surface area (Å²) in [5, 5.41) is 3.19. The molecule has 2 aliphatic heterocycles. The van der Waals surface area contributed by atoms with Crippen molar-refractivity contribution in [3.8, 4) is 5.75 Å². The fourth-order valence-corrected chi connectivity index (χ4v) is 8.86. The number of urea groups is 1. The molecule has 2 heterocycles. The molecule has 3 amide bonds. The number of alkyl halides is 1. The van der Waals surface area contributed by atoms with Gasteiger partial charge in [-0.25, -0.2) is 13.4 Å². The third-order valence-corrected chi connectivity index (χ3v) is 11.9. The van der Waals surface area contributed by atoms with E-state index in [9.17, 15) is 18.2 Å². The summed E-state index contributed by atoms with van der Waals surface area (Å²) in [5.41, 5.74) is 3.35. The first kappa shape index (κ1) is 33.7. The van der Waals surface area contributed by atoms with Crippen molar-refractivity contribution in [2.24, 2.45) is 22.1 Å². The van der Waals surface area contributed by atoms with Crippen LogP contribution in [0.15, 0.2) is 52.9 Å². The minimum absolute atomic E-state index is 0.0521. The molecule has 2 aromatic carbocycles. The van der Waals surface area contributed by atoms with E-state index >= 15 is 0 Å². The van der Waals surface area contributed by atoms with E-state index in [1.807, 2.05) is 25.1 Å². The van der Waals surface area contributed by atoms with Crippen LogP contribution in [0, 0.1) is 17.8 Å². The standard InChI is InChI=1S/C35H44ClFN4O5S/c1-22-6-5-8-32(45-2)28-13-10-26(28)20-41-19-25-9-12-27(36)16-23(25)7-3-4-15-46-33-14-11-24(17-31(33)41)34(42)39-47(44,21-22)40-35(43)38-30-18-29(30)37/h5,8-9,11-12,14,16-17,22,26,28-30,32H,3-4,6-7,10,13,15,18-21H2,1-2H3,(H2,38,39,40,42,43,44)/b8-5+/t22-,26-,28+,29+,30+,32-,47?/m0/s1. The first-order chi connectivity index (χ1) is 22.6. The first-order valence-electron chi connectivity index (χ1n) is 16.6. The van der Waals surface area contributed by atoms with Gasteiger partial charge in [0.05, 0.1) is 30.2 Å². The number of nitrogens with zero attached hydrogens (tertiary/aromatic N) is 2. The Morgan fingerprint density at radius 3 is 2.74 bits per heavy atom. The van der Waals surface area contributed by atoms with E-state index in [-0.39, 0.29) is 29.8 Å². The second-order valence-corrected chi connectivity index (χ2v) is 15.8. The highest BCUT2D eigenvalue weighted by molar-refractivity contribution is 7.92. The zero-order valence-corrected chi connectivity index (χ0v) is 28.5. The van der Waals surface area contributed by atoms with E-state index in [2.05, 4.69) is 31.4 Å². The van der Waals surface area contributed by atoms with Crippen LogP contribution < -0.4 is 19.7 Å². The van der Waals surface area contributed by atoms with Crippen molar-refractivity contribution in [3.05, 3.63) is 70.3 Å². The largest absolute Gasteiger partial charge is 0.491 e. The van der Waals surface area contributed by atoms with Crippen LogP contribution in [-0.4, -0.2) is 60.5 Å². The van der Waals surface area contributed by atoms with E-state index in [1.165, 1.54) is 5.56 Å². The van der Waals surface area contributed by atoms with Crippen LogP contribution in [-0.2, 0) is 27.6 Å². The van der Waals surface area contributed by atoms with Crippen molar-refractivity contribution in [3.63, 3.8) is 0 Å². The van der Waals surface area contributed by atoms with Gasteiger partial charge in [-0.15, -0.1) is 4.36 Å². The quantitative estimate of drug-likeness (QED) is 0.351. The molecular weight excluding hydrogens is 643 g/mol. The zero-order chi connectivity index (χ0) is 33.1. The highest BCUT2D eigenvalue weighted by Gasteiger charge is 2.40. The molecule has 2 N–H and O–H groups in total. The van der Waals surface area contributed by atoms with Crippen LogP contribution in [0.1, 0.15) is 66.9 Å². The topological polar surface area (TPSA) is 109 Å². The number of amides is 3. The summed E-state index contributed by atoms with van der Waals surface area (Å²) >= 11 is 6.43. The average Bonchev–Trinajstić information content (AvgIpc) is 3.71. The number of halogens is 2. The Bertz CT molecular complexity index is 1650. The van der Waals surface area contributed by atoms with Crippen molar-refractivity contribution >= 4 is 39.1 Å². The molecule has 2 aromatic rings. The summed E-state index contributed by atoms with van der Waals surface area (Å²) in [6, 6.07) is 9.80. The van der Waals surface area contributed by atoms with Crippen molar-refractivity contribution in [1.82, 2.24) is 10.0 Å². The normalized spacial score (nSPS) is 31.7. The maximum absolute atomic E-state index is 14.2. The Morgan fingerprint density at radius 2 is 2.00 bits per heavy atom. The van der Waals surface area contributed by atoms with Gasteiger partial charge in [-0.05, 0) is 97.7 Å². The molecule has 4 aliphatic rings. The van der Waals surface area contributed by atoms with Crippen LogP contribution in [0.3, 0.4) is 0 Å². The van der Waals surface area contributed by atoms with Gasteiger partial charge < -0.3 is 19.7 Å². The lowest BCUT2D eigenvalue weighted by atomic mass is 9.70. The SMILES string of the molecule is CO[C@H]1/C=C/C[C@H](C)CS(=O)(NC(=O)N[C@@H]2C[C@H]2F)=NC(=O)c2ccc3c(c2)N(Cc2ccc(Cl)cc2CCCCO3)C[C@@H]2CC[C@H]21. The molecule has 2 bridgehead atoms. The number of allylic oxidation sites excluding steroid dienone is 1. The summed E-state index contributed by atoms with van der Waals surface area (Å²) in [6.45, 7) is 3.72. The third-order valence-electron chi connectivity index (χ3n) is 9.69. The van der Waals surface area contributed by atoms with Gasteiger partial charge in [0, 0.05) is 37.2 Å². The van der Waals surface area contributed by atoms with Gasteiger partial charge in [0.15, 0.2) is 0 Å². The molecule has 9 nitrogen and oxygen atoms in total. The van der Waals surface area contributed by atoms with Gasteiger partial charge in [-0.2, -0.15) is 0 Å². The minimum Gasteiger partial charge on any atom is -0.491 e. The number of anilines is 1. The van der Waals surface area contributed by atoms with Gasteiger partial charge in [-0.3, -0.25) is 9.52 Å². The van der Waals surface area contributed by atoms with Gasteiger partial charge in [0.2, 0.25) is 0 Å². The number of ether oxygens (including phenoxy) is 2. The molecule has 2 aliphatic carbocycles. The highest BCUT2D eigenvalue weighted by atomic mass is 35.5. The lowest BCUT2D eigenvalue weighted by Gasteiger charge is -2.43.